The number of fused-ring (bicyclic) bond motifs is 1. The first kappa shape index (κ1) is 14.8. The van der Waals surface area contributed by atoms with Crippen LogP contribution in [0.2, 0.25) is 0 Å². The fourth-order valence-corrected chi connectivity index (χ4v) is 4.06. The van der Waals surface area contributed by atoms with Crippen LogP contribution in [0.25, 0.3) is 0 Å². The normalized spacial score (nSPS) is 28.8. The lowest BCUT2D eigenvalue weighted by atomic mass is 9.76. The van der Waals surface area contributed by atoms with Crippen molar-refractivity contribution in [1.82, 2.24) is 4.90 Å². The first-order valence-electron chi connectivity index (χ1n) is 8.39. The molecule has 1 heterocycles. The third kappa shape index (κ3) is 3.55. The lowest BCUT2D eigenvalue weighted by molar-refractivity contribution is 0.287. The molecule has 1 aliphatic carbocycles. The minimum absolute atomic E-state index is 0.139. The van der Waals surface area contributed by atoms with E-state index in [0.717, 1.165) is 30.7 Å². The van der Waals surface area contributed by atoms with Crippen molar-refractivity contribution in [2.24, 2.45) is 17.8 Å². The number of benzene rings is 1. The summed E-state index contributed by atoms with van der Waals surface area (Å²) in [7, 11) is 0. The van der Waals surface area contributed by atoms with E-state index in [1.165, 1.54) is 37.9 Å². The minimum atomic E-state index is -0.139. The van der Waals surface area contributed by atoms with Crippen molar-refractivity contribution < 1.29 is 4.39 Å². The second-order valence-electron chi connectivity index (χ2n) is 6.68. The SMILES string of the molecule is CCCC1C=CCC2CN(CCc3ccc(F)cc3)CC12. The fraction of sp³-hybridized carbons (Fsp3) is 0.579. The fourth-order valence-electron chi connectivity index (χ4n) is 4.06. The Morgan fingerprint density at radius 3 is 2.76 bits per heavy atom. The maximum Gasteiger partial charge on any atom is 0.123 e. The molecule has 1 aromatic carbocycles. The van der Waals surface area contributed by atoms with E-state index >= 15 is 0 Å². The summed E-state index contributed by atoms with van der Waals surface area (Å²) in [6.45, 7) is 5.90. The highest BCUT2D eigenvalue weighted by Crippen LogP contribution is 2.38. The number of halogens is 1. The Hall–Kier alpha value is -1.15. The lowest BCUT2D eigenvalue weighted by Crippen LogP contribution is -2.25. The van der Waals surface area contributed by atoms with Crippen LogP contribution in [0.3, 0.4) is 0 Å². The van der Waals surface area contributed by atoms with E-state index in [-0.39, 0.29) is 5.82 Å². The zero-order valence-electron chi connectivity index (χ0n) is 13.0. The molecular weight excluding hydrogens is 261 g/mol. The zero-order chi connectivity index (χ0) is 14.7. The van der Waals surface area contributed by atoms with Crippen LogP contribution in [0, 0.1) is 23.6 Å². The molecule has 1 aliphatic heterocycles. The van der Waals surface area contributed by atoms with Crippen LogP contribution in [0.5, 0.6) is 0 Å². The molecule has 1 aromatic rings. The average molecular weight is 287 g/mol. The van der Waals surface area contributed by atoms with Crippen LogP contribution >= 0.6 is 0 Å². The van der Waals surface area contributed by atoms with E-state index in [2.05, 4.69) is 24.0 Å². The first-order valence-corrected chi connectivity index (χ1v) is 8.39. The standard InChI is InChI=1S/C19H26FN/c1-2-4-16-5-3-6-17-13-21(14-19(16)17)12-11-15-7-9-18(20)10-8-15/h3,5,7-10,16-17,19H,2,4,6,11-14H2,1H3. The summed E-state index contributed by atoms with van der Waals surface area (Å²) in [5.41, 5.74) is 1.24. The molecule has 3 unspecified atom stereocenters. The van der Waals surface area contributed by atoms with E-state index in [1.54, 1.807) is 12.1 Å². The van der Waals surface area contributed by atoms with Crippen molar-refractivity contribution >= 4 is 0 Å². The van der Waals surface area contributed by atoms with Gasteiger partial charge in [-0.1, -0.05) is 37.6 Å². The van der Waals surface area contributed by atoms with Gasteiger partial charge in [-0.2, -0.15) is 0 Å². The van der Waals surface area contributed by atoms with Crippen LogP contribution in [0.4, 0.5) is 4.39 Å². The van der Waals surface area contributed by atoms with Gasteiger partial charge in [-0.15, -0.1) is 0 Å². The highest BCUT2D eigenvalue weighted by Gasteiger charge is 2.37. The number of hydrogen-bond donors (Lipinski definition) is 0. The molecule has 0 N–H and O–H groups in total. The molecule has 0 spiro atoms. The first-order chi connectivity index (χ1) is 10.3. The Balaban J connectivity index is 1.53. The molecule has 1 nitrogen and oxygen atoms in total. The van der Waals surface area contributed by atoms with Gasteiger partial charge in [-0.3, -0.25) is 0 Å². The van der Waals surface area contributed by atoms with Gasteiger partial charge in [0.1, 0.15) is 5.82 Å². The molecule has 0 saturated carbocycles. The number of rotatable bonds is 5. The largest absolute Gasteiger partial charge is 0.302 e. The van der Waals surface area contributed by atoms with Gasteiger partial charge < -0.3 is 4.90 Å². The van der Waals surface area contributed by atoms with Crippen molar-refractivity contribution in [2.45, 2.75) is 32.6 Å². The highest BCUT2D eigenvalue weighted by atomic mass is 19.1. The predicted octanol–water partition coefficient (Wildman–Crippen LogP) is 4.29. The van der Waals surface area contributed by atoms with Crippen LogP contribution in [-0.2, 0) is 6.42 Å². The third-order valence-electron chi connectivity index (χ3n) is 5.19. The van der Waals surface area contributed by atoms with Gasteiger partial charge in [0.05, 0.1) is 0 Å². The smallest absolute Gasteiger partial charge is 0.123 e. The summed E-state index contributed by atoms with van der Waals surface area (Å²) < 4.78 is 12.9. The van der Waals surface area contributed by atoms with Crippen molar-refractivity contribution in [1.29, 1.82) is 0 Å². The van der Waals surface area contributed by atoms with E-state index in [0.29, 0.717) is 0 Å². The molecule has 0 amide bonds. The average Bonchev–Trinajstić information content (AvgIpc) is 2.91. The quantitative estimate of drug-likeness (QED) is 0.730. The number of hydrogen-bond acceptors (Lipinski definition) is 1. The van der Waals surface area contributed by atoms with Crippen molar-refractivity contribution in [3.63, 3.8) is 0 Å². The Kier molecular flexibility index (Phi) is 4.74. The summed E-state index contributed by atoms with van der Waals surface area (Å²) in [5.74, 6) is 2.38. The van der Waals surface area contributed by atoms with Gasteiger partial charge in [0, 0.05) is 19.6 Å². The monoisotopic (exact) mass is 287 g/mol. The molecule has 0 aromatic heterocycles. The molecule has 2 heteroatoms. The van der Waals surface area contributed by atoms with Gasteiger partial charge in [0.2, 0.25) is 0 Å². The van der Waals surface area contributed by atoms with Gasteiger partial charge in [-0.05, 0) is 54.7 Å². The number of nitrogens with zero attached hydrogens (tertiary/aromatic N) is 1. The second-order valence-corrected chi connectivity index (χ2v) is 6.68. The van der Waals surface area contributed by atoms with E-state index in [4.69, 9.17) is 0 Å². The summed E-state index contributed by atoms with van der Waals surface area (Å²) in [6.07, 6.45) is 9.79. The molecular formula is C19H26FN. The van der Waals surface area contributed by atoms with Crippen LogP contribution < -0.4 is 0 Å². The van der Waals surface area contributed by atoms with Crippen molar-refractivity contribution in [3.05, 3.63) is 47.8 Å². The Morgan fingerprint density at radius 1 is 1.19 bits per heavy atom. The van der Waals surface area contributed by atoms with Gasteiger partial charge in [-0.25, -0.2) is 4.39 Å². The van der Waals surface area contributed by atoms with Crippen molar-refractivity contribution in [3.8, 4) is 0 Å². The van der Waals surface area contributed by atoms with E-state index in [9.17, 15) is 4.39 Å². The Labute approximate surface area is 127 Å². The van der Waals surface area contributed by atoms with Gasteiger partial charge in [0.25, 0.3) is 0 Å². The highest BCUT2D eigenvalue weighted by molar-refractivity contribution is 5.16. The maximum atomic E-state index is 12.9. The lowest BCUT2D eigenvalue weighted by Gasteiger charge is -2.28. The van der Waals surface area contributed by atoms with E-state index in [1.807, 2.05) is 12.1 Å². The molecule has 3 rings (SSSR count). The summed E-state index contributed by atoms with van der Waals surface area (Å²) in [5, 5.41) is 0. The predicted molar refractivity (Wildman–Crippen MR) is 85.7 cm³/mol. The Morgan fingerprint density at radius 2 is 2.00 bits per heavy atom. The molecule has 2 aliphatic rings. The minimum Gasteiger partial charge on any atom is -0.302 e. The number of allylic oxidation sites excluding steroid dienone is 2. The van der Waals surface area contributed by atoms with Gasteiger partial charge in [0.15, 0.2) is 0 Å². The molecule has 114 valence electrons. The third-order valence-corrected chi connectivity index (χ3v) is 5.19. The second kappa shape index (κ2) is 6.74. The summed E-state index contributed by atoms with van der Waals surface area (Å²) >= 11 is 0. The maximum absolute atomic E-state index is 12.9. The van der Waals surface area contributed by atoms with Crippen LogP contribution in [0.15, 0.2) is 36.4 Å². The van der Waals surface area contributed by atoms with Gasteiger partial charge >= 0.3 is 0 Å². The van der Waals surface area contributed by atoms with Crippen LogP contribution in [-0.4, -0.2) is 24.5 Å². The van der Waals surface area contributed by atoms with E-state index < -0.39 is 0 Å². The van der Waals surface area contributed by atoms with Crippen LogP contribution in [0.1, 0.15) is 31.7 Å². The van der Waals surface area contributed by atoms with Crippen molar-refractivity contribution in [2.75, 3.05) is 19.6 Å². The molecule has 1 fully saturated rings. The zero-order valence-corrected chi connectivity index (χ0v) is 13.0. The summed E-state index contributed by atoms with van der Waals surface area (Å²) in [6, 6.07) is 6.97. The summed E-state index contributed by atoms with van der Waals surface area (Å²) in [4.78, 5) is 2.62. The number of likely N-dealkylation sites (tertiary alicyclic amines) is 1. The molecule has 0 radical (unpaired) electrons. The molecule has 21 heavy (non-hydrogen) atoms. The molecule has 3 atom stereocenters. The topological polar surface area (TPSA) is 3.24 Å². The molecule has 0 bridgehead atoms. The molecule has 1 saturated heterocycles. The Bertz CT molecular complexity index is 479.